The number of fused-ring (bicyclic) bond motifs is 6. The van der Waals surface area contributed by atoms with E-state index in [1.54, 1.807) is 14.2 Å². The molecule has 5 aliphatic rings. The van der Waals surface area contributed by atoms with E-state index in [0.717, 1.165) is 11.9 Å². The molecule has 0 saturated heterocycles. The predicted molar refractivity (Wildman–Crippen MR) is 141 cm³/mol. The smallest absolute Gasteiger partial charge is 0.303 e. The van der Waals surface area contributed by atoms with Gasteiger partial charge in [0.2, 0.25) is 0 Å². The molecule has 0 heterocycles. The second-order valence-corrected chi connectivity index (χ2v) is 12.2. The van der Waals surface area contributed by atoms with Gasteiger partial charge in [0, 0.05) is 79.3 Å². The summed E-state index contributed by atoms with van der Waals surface area (Å²) in [6.45, 7) is 6.37. The highest BCUT2D eigenvalue weighted by Crippen LogP contribution is 2.74. The van der Waals surface area contributed by atoms with Crippen LogP contribution < -0.4 is 0 Å². The fraction of sp³-hybridized carbons (Fsp3) is 0.800. The van der Waals surface area contributed by atoms with Crippen molar-refractivity contribution in [1.29, 1.82) is 0 Å². The van der Waals surface area contributed by atoms with Gasteiger partial charge in [-0.3, -0.25) is 14.4 Å². The lowest BCUT2D eigenvalue weighted by Crippen LogP contribution is -2.67. The van der Waals surface area contributed by atoms with Crippen molar-refractivity contribution in [2.24, 2.45) is 35.0 Å². The van der Waals surface area contributed by atoms with Gasteiger partial charge in [0.25, 0.3) is 0 Å². The lowest BCUT2D eigenvalue weighted by molar-refractivity contribution is -0.262. The summed E-state index contributed by atoms with van der Waals surface area (Å²) in [5, 5.41) is 0. The Kier molecular flexibility index (Phi) is 7.89. The lowest BCUT2D eigenvalue weighted by Gasteiger charge is -2.54. The molecule has 4 saturated carbocycles. The molecule has 5 rings (SSSR count). The summed E-state index contributed by atoms with van der Waals surface area (Å²) in [7, 11) is 4.71. The molecule has 2 bridgehead atoms. The minimum absolute atomic E-state index is 0.0413. The van der Waals surface area contributed by atoms with Gasteiger partial charge in [-0.25, -0.2) is 0 Å². The van der Waals surface area contributed by atoms with Gasteiger partial charge in [0.05, 0.1) is 23.7 Å². The summed E-state index contributed by atoms with van der Waals surface area (Å²) < 4.78 is 42.5. The molecule has 0 aromatic heterocycles. The molecule has 3 unspecified atom stereocenters. The summed E-state index contributed by atoms with van der Waals surface area (Å²) in [6, 6.07) is 0. The molecule has 11 heteroatoms. The minimum Gasteiger partial charge on any atom is -0.461 e. The van der Waals surface area contributed by atoms with Crippen molar-refractivity contribution < 1.29 is 52.3 Å². The van der Waals surface area contributed by atoms with Crippen molar-refractivity contribution in [3.05, 3.63) is 11.6 Å². The third-order valence-corrected chi connectivity index (χ3v) is 10.5. The first-order chi connectivity index (χ1) is 19.5. The van der Waals surface area contributed by atoms with Crippen molar-refractivity contribution in [2.45, 2.75) is 82.6 Å². The standard InChI is InChI=1S/C30H42O11/c1-8-38-30-12-21(36-6)29(41-17(4)34)11-19(24(30)27(29)40-16(3)33)22-18-9-10-20(39-15(2)32)28(13-31,14-35-5)23(18)26(37-7)25(22)30/h9,13,19-27H,8,10-12,14H2,1-7H3/t19?,20-,21+,22+,23?,24?,25-,26-,27-,28+,29+,30-/m1/s1. The predicted octanol–water partition coefficient (Wildman–Crippen LogP) is 2.03. The van der Waals surface area contributed by atoms with E-state index in [4.69, 9.17) is 33.2 Å². The molecule has 0 aromatic rings. The van der Waals surface area contributed by atoms with E-state index < -0.39 is 64.9 Å². The van der Waals surface area contributed by atoms with E-state index in [0.29, 0.717) is 25.9 Å². The quantitative estimate of drug-likeness (QED) is 0.163. The van der Waals surface area contributed by atoms with E-state index in [-0.39, 0.29) is 30.3 Å². The van der Waals surface area contributed by atoms with Gasteiger partial charge in [0.15, 0.2) is 5.60 Å². The lowest BCUT2D eigenvalue weighted by atomic mass is 9.62. The zero-order valence-electron chi connectivity index (χ0n) is 24.9. The molecule has 11 nitrogen and oxygen atoms in total. The number of rotatable bonds is 10. The molecule has 4 fully saturated rings. The Morgan fingerprint density at radius 3 is 2.17 bits per heavy atom. The van der Waals surface area contributed by atoms with Gasteiger partial charge in [-0.1, -0.05) is 11.6 Å². The third-order valence-electron chi connectivity index (χ3n) is 10.5. The molecule has 228 valence electrons. The Labute approximate surface area is 240 Å². The first-order valence-corrected chi connectivity index (χ1v) is 14.4. The van der Waals surface area contributed by atoms with Crippen molar-refractivity contribution in [2.75, 3.05) is 34.5 Å². The maximum Gasteiger partial charge on any atom is 0.303 e. The van der Waals surface area contributed by atoms with Gasteiger partial charge in [0.1, 0.15) is 24.6 Å². The summed E-state index contributed by atoms with van der Waals surface area (Å²) in [6.07, 6.45) is 1.45. The molecule has 12 atom stereocenters. The van der Waals surface area contributed by atoms with Crippen molar-refractivity contribution in [3.63, 3.8) is 0 Å². The fourth-order valence-corrected chi connectivity index (χ4v) is 9.88. The third kappa shape index (κ3) is 4.06. The number of esters is 3. The van der Waals surface area contributed by atoms with Crippen LogP contribution in [0.25, 0.3) is 0 Å². The topological polar surface area (TPSA) is 133 Å². The molecule has 0 N–H and O–H groups in total. The Hall–Kier alpha value is -2.34. The number of hydrogen-bond acceptors (Lipinski definition) is 11. The molecular weight excluding hydrogens is 536 g/mol. The normalized spacial score (nSPS) is 45.3. The summed E-state index contributed by atoms with van der Waals surface area (Å²) in [5.41, 5.74) is -2.21. The molecule has 0 aliphatic heterocycles. The summed E-state index contributed by atoms with van der Waals surface area (Å²) >= 11 is 0. The second-order valence-electron chi connectivity index (χ2n) is 12.2. The fourth-order valence-electron chi connectivity index (χ4n) is 9.88. The molecule has 0 aromatic carbocycles. The van der Waals surface area contributed by atoms with Crippen LogP contribution in [0.15, 0.2) is 11.6 Å². The number of aldehydes is 1. The molecule has 0 amide bonds. The average Bonchev–Trinajstić information content (AvgIpc) is 3.46. The Balaban J connectivity index is 1.72. The molecule has 41 heavy (non-hydrogen) atoms. The van der Waals surface area contributed by atoms with Crippen LogP contribution in [0, 0.1) is 35.0 Å². The minimum atomic E-state index is -1.18. The van der Waals surface area contributed by atoms with E-state index in [9.17, 15) is 19.2 Å². The Morgan fingerprint density at radius 2 is 1.63 bits per heavy atom. The van der Waals surface area contributed by atoms with Crippen LogP contribution in [0.5, 0.6) is 0 Å². The van der Waals surface area contributed by atoms with Crippen LogP contribution in [-0.2, 0) is 52.3 Å². The molecular formula is C30H42O11. The highest BCUT2D eigenvalue weighted by atomic mass is 16.6. The monoisotopic (exact) mass is 578 g/mol. The van der Waals surface area contributed by atoms with Crippen molar-refractivity contribution in [3.8, 4) is 0 Å². The Morgan fingerprint density at radius 1 is 0.927 bits per heavy atom. The Bertz CT molecular complexity index is 1120. The van der Waals surface area contributed by atoms with Gasteiger partial charge in [-0.15, -0.1) is 0 Å². The molecule has 0 spiro atoms. The summed E-state index contributed by atoms with van der Waals surface area (Å²) in [4.78, 5) is 50.2. The zero-order valence-corrected chi connectivity index (χ0v) is 24.9. The zero-order chi connectivity index (χ0) is 29.9. The van der Waals surface area contributed by atoms with E-state index in [1.165, 1.54) is 27.9 Å². The number of ether oxygens (including phenoxy) is 7. The van der Waals surface area contributed by atoms with Crippen LogP contribution in [0.3, 0.4) is 0 Å². The van der Waals surface area contributed by atoms with Crippen molar-refractivity contribution in [1.82, 2.24) is 0 Å². The van der Waals surface area contributed by atoms with E-state index in [1.807, 2.05) is 6.92 Å². The molecule has 0 radical (unpaired) electrons. The highest BCUT2D eigenvalue weighted by Gasteiger charge is 2.83. The number of methoxy groups -OCH3 is 3. The second kappa shape index (κ2) is 10.7. The number of carbonyl (C=O) groups excluding carboxylic acids is 4. The highest BCUT2D eigenvalue weighted by molar-refractivity contribution is 5.70. The SMILES string of the molecule is CCO[C@]12C[C@H](OC)[C@@]3(OC(C)=O)CC(C1[C@H]3OC(C)=O)[C@@H]1C3=CC[C@@H](OC(C)=O)[C@](C=O)(COC)C3[C@@H](OC)[C@@H]12. The van der Waals surface area contributed by atoms with Gasteiger partial charge >= 0.3 is 17.9 Å². The first kappa shape index (κ1) is 30.1. The van der Waals surface area contributed by atoms with Crippen LogP contribution >= 0.6 is 0 Å². The van der Waals surface area contributed by atoms with Crippen molar-refractivity contribution >= 4 is 24.2 Å². The molecule has 5 aliphatic carbocycles. The van der Waals surface area contributed by atoms with Crippen LogP contribution in [-0.4, -0.2) is 94.4 Å². The van der Waals surface area contributed by atoms with Crippen LogP contribution in [0.4, 0.5) is 0 Å². The average molecular weight is 579 g/mol. The largest absolute Gasteiger partial charge is 0.461 e. The van der Waals surface area contributed by atoms with E-state index >= 15 is 0 Å². The maximum atomic E-state index is 13.1. The number of carbonyl (C=O) groups is 4. The van der Waals surface area contributed by atoms with Gasteiger partial charge in [-0.05, 0) is 25.2 Å². The van der Waals surface area contributed by atoms with E-state index in [2.05, 4.69) is 6.08 Å². The number of hydrogen-bond donors (Lipinski definition) is 0. The summed E-state index contributed by atoms with van der Waals surface area (Å²) in [5.74, 6) is -2.67. The first-order valence-electron chi connectivity index (χ1n) is 14.4. The van der Waals surface area contributed by atoms with Crippen LogP contribution in [0.1, 0.15) is 47.0 Å². The van der Waals surface area contributed by atoms with Crippen LogP contribution in [0.2, 0.25) is 0 Å². The maximum absolute atomic E-state index is 13.1. The van der Waals surface area contributed by atoms with Gasteiger partial charge in [-0.2, -0.15) is 0 Å². The van der Waals surface area contributed by atoms with Gasteiger partial charge < -0.3 is 38.0 Å².